The summed E-state index contributed by atoms with van der Waals surface area (Å²) in [5, 5.41) is 0. The third-order valence-corrected chi connectivity index (χ3v) is 6.57. The first-order valence-corrected chi connectivity index (χ1v) is 11.3. The SMILES string of the molecule is CCOC(=O)C1(COc2ccc3c(c2)CN(C)CC3)CCN(c2ccnc(C)c2)CC1. The van der Waals surface area contributed by atoms with Crippen LogP contribution in [0.2, 0.25) is 0 Å². The first-order chi connectivity index (χ1) is 15.0. The van der Waals surface area contributed by atoms with Gasteiger partial charge in [0.05, 0.1) is 6.61 Å². The van der Waals surface area contributed by atoms with Gasteiger partial charge >= 0.3 is 5.97 Å². The first-order valence-electron chi connectivity index (χ1n) is 11.3. The van der Waals surface area contributed by atoms with Crippen molar-refractivity contribution in [2.75, 3.05) is 44.8 Å². The molecule has 2 aliphatic heterocycles. The van der Waals surface area contributed by atoms with Gasteiger partial charge in [-0.2, -0.15) is 0 Å². The molecule has 0 radical (unpaired) electrons. The van der Waals surface area contributed by atoms with Crippen LogP contribution >= 0.6 is 0 Å². The highest BCUT2D eigenvalue weighted by Gasteiger charge is 2.44. The quantitative estimate of drug-likeness (QED) is 0.662. The third kappa shape index (κ3) is 4.85. The van der Waals surface area contributed by atoms with Crippen molar-refractivity contribution in [1.82, 2.24) is 9.88 Å². The number of hydrogen-bond donors (Lipinski definition) is 0. The molecular weight excluding hydrogens is 390 g/mol. The van der Waals surface area contributed by atoms with Crippen LogP contribution in [0, 0.1) is 12.3 Å². The molecule has 0 aliphatic carbocycles. The van der Waals surface area contributed by atoms with Gasteiger partial charge in [0.2, 0.25) is 0 Å². The standard InChI is InChI=1S/C25H33N3O3/c1-4-30-24(29)25(9-13-28(14-10-25)22-7-11-26-19(2)15-22)18-31-23-6-5-20-8-12-27(3)17-21(20)16-23/h5-7,11,15-16H,4,8-10,12-14,17-18H2,1-3H3. The lowest BCUT2D eigenvalue weighted by atomic mass is 9.79. The summed E-state index contributed by atoms with van der Waals surface area (Å²) in [4.78, 5) is 21.9. The number of carbonyl (C=O) groups excluding carboxylic acids is 1. The van der Waals surface area contributed by atoms with Crippen LogP contribution in [0.15, 0.2) is 36.5 Å². The van der Waals surface area contributed by atoms with Gasteiger partial charge in [-0.1, -0.05) is 6.07 Å². The number of pyridine rings is 1. The van der Waals surface area contributed by atoms with E-state index in [4.69, 9.17) is 9.47 Å². The van der Waals surface area contributed by atoms with Gasteiger partial charge in [-0.25, -0.2) is 0 Å². The molecule has 6 heteroatoms. The van der Waals surface area contributed by atoms with E-state index < -0.39 is 5.41 Å². The first kappa shape index (κ1) is 21.6. The Balaban J connectivity index is 1.46. The number of rotatable bonds is 6. The molecule has 2 aliphatic rings. The lowest BCUT2D eigenvalue weighted by Crippen LogP contribution is -2.48. The van der Waals surface area contributed by atoms with Gasteiger partial charge in [-0.3, -0.25) is 9.78 Å². The molecule has 1 aromatic heterocycles. The summed E-state index contributed by atoms with van der Waals surface area (Å²) in [5.74, 6) is 0.697. The van der Waals surface area contributed by atoms with Crippen LogP contribution in [0.25, 0.3) is 0 Å². The molecule has 166 valence electrons. The Bertz CT molecular complexity index is 922. The van der Waals surface area contributed by atoms with E-state index in [0.29, 0.717) is 26.1 Å². The maximum absolute atomic E-state index is 13.0. The number of carbonyl (C=O) groups is 1. The monoisotopic (exact) mass is 423 g/mol. The van der Waals surface area contributed by atoms with Crippen LogP contribution in [0.3, 0.4) is 0 Å². The van der Waals surface area contributed by atoms with Crippen LogP contribution in [0.5, 0.6) is 5.75 Å². The maximum Gasteiger partial charge on any atom is 0.315 e. The highest BCUT2D eigenvalue weighted by atomic mass is 16.5. The van der Waals surface area contributed by atoms with Crippen molar-refractivity contribution in [3.8, 4) is 5.75 Å². The summed E-state index contributed by atoms with van der Waals surface area (Å²) in [6.45, 7) is 8.22. The van der Waals surface area contributed by atoms with Gasteiger partial charge in [0.15, 0.2) is 0 Å². The Labute approximate surface area is 185 Å². The summed E-state index contributed by atoms with van der Waals surface area (Å²) in [6.07, 6.45) is 4.33. The van der Waals surface area contributed by atoms with Crippen LogP contribution in [-0.2, 0) is 22.5 Å². The van der Waals surface area contributed by atoms with Crippen LogP contribution in [0.1, 0.15) is 36.6 Å². The molecule has 0 unspecified atom stereocenters. The smallest absolute Gasteiger partial charge is 0.315 e. The van der Waals surface area contributed by atoms with Crippen LogP contribution < -0.4 is 9.64 Å². The van der Waals surface area contributed by atoms with E-state index >= 15 is 0 Å². The van der Waals surface area contributed by atoms with E-state index in [2.05, 4.69) is 40.0 Å². The number of anilines is 1. The molecule has 0 amide bonds. The van der Waals surface area contributed by atoms with Crippen molar-refractivity contribution in [1.29, 1.82) is 0 Å². The number of hydrogen-bond acceptors (Lipinski definition) is 6. The number of nitrogens with zero attached hydrogens (tertiary/aromatic N) is 3. The summed E-state index contributed by atoms with van der Waals surface area (Å²) in [6, 6.07) is 10.5. The molecule has 1 aromatic carbocycles. The highest BCUT2D eigenvalue weighted by molar-refractivity contribution is 5.77. The third-order valence-electron chi connectivity index (χ3n) is 6.57. The topological polar surface area (TPSA) is 54.9 Å². The summed E-state index contributed by atoms with van der Waals surface area (Å²) in [7, 11) is 2.14. The van der Waals surface area contributed by atoms with Crippen molar-refractivity contribution in [2.45, 2.75) is 39.7 Å². The summed E-state index contributed by atoms with van der Waals surface area (Å²) < 4.78 is 11.7. The highest BCUT2D eigenvalue weighted by Crippen LogP contribution is 2.36. The summed E-state index contributed by atoms with van der Waals surface area (Å²) in [5.41, 5.74) is 4.26. The zero-order valence-electron chi connectivity index (χ0n) is 18.9. The van der Waals surface area contributed by atoms with E-state index in [1.807, 2.05) is 32.2 Å². The fraction of sp³-hybridized carbons (Fsp3) is 0.520. The molecule has 6 nitrogen and oxygen atoms in total. The second kappa shape index (κ2) is 9.27. The Morgan fingerprint density at radius 3 is 2.68 bits per heavy atom. The van der Waals surface area contributed by atoms with Crippen molar-refractivity contribution < 1.29 is 14.3 Å². The molecule has 31 heavy (non-hydrogen) atoms. The average Bonchev–Trinajstić information content (AvgIpc) is 2.78. The fourth-order valence-corrected chi connectivity index (χ4v) is 4.60. The number of aromatic nitrogens is 1. The van der Waals surface area contributed by atoms with E-state index in [0.717, 1.165) is 49.7 Å². The van der Waals surface area contributed by atoms with Gasteiger partial charge in [0.1, 0.15) is 17.8 Å². The van der Waals surface area contributed by atoms with Crippen LogP contribution in [0.4, 0.5) is 5.69 Å². The minimum Gasteiger partial charge on any atom is -0.492 e. The van der Waals surface area contributed by atoms with Gasteiger partial charge in [0, 0.05) is 43.8 Å². The Morgan fingerprint density at radius 1 is 1.13 bits per heavy atom. The van der Waals surface area contributed by atoms with E-state index in [-0.39, 0.29) is 5.97 Å². The van der Waals surface area contributed by atoms with Gasteiger partial charge < -0.3 is 19.3 Å². The largest absolute Gasteiger partial charge is 0.492 e. The Hall–Kier alpha value is -2.60. The number of ether oxygens (including phenoxy) is 2. The number of likely N-dealkylation sites (N-methyl/N-ethyl adjacent to an activating group) is 1. The second-order valence-electron chi connectivity index (χ2n) is 8.85. The lowest BCUT2D eigenvalue weighted by Gasteiger charge is -2.40. The molecule has 0 spiro atoms. The van der Waals surface area contributed by atoms with Gasteiger partial charge in [-0.05, 0) is 75.5 Å². The molecule has 4 rings (SSSR count). The van der Waals surface area contributed by atoms with Gasteiger partial charge in [0.25, 0.3) is 0 Å². The Kier molecular flexibility index (Phi) is 6.46. The van der Waals surface area contributed by atoms with Crippen LogP contribution in [-0.4, -0.2) is 55.7 Å². The maximum atomic E-state index is 13.0. The van der Waals surface area contributed by atoms with Crippen molar-refractivity contribution >= 4 is 11.7 Å². The van der Waals surface area contributed by atoms with Crippen molar-refractivity contribution in [2.24, 2.45) is 5.41 Å². The average molecular weight is 424 g/mol. The molecule has 1 fully saturated rings. The lowest BCUT2D eigenvalue weighted by molar-refractivity contribution is -0.159. The number of fused-ring (bicyclic) bond motifs is 1. The molecular formula is C25H33N3O3. The molecule has 1 saturated heterocycles. The molecule has 0 bridgehead atoms. The van der Waals surface area contributed by atoms with E-state index in [1.54, 1.807) is 0 Å². The van der Waals surface area contributed by atoms with E-state index in [1.165, 1.54) is 11.1 Å². The molecule has 0 N–H and O–H groups in total. The Morgan fingerprint density at radius 2 is 1.94 bits per heavy atom. The number of piperidine rings is 1. The molecule has 3 heterocycles. The summed E-state index contributed by atoms with van der Waals surface area (Å²) >= 11 is 0. The molecule has 0 atom stereocenters. The normalized spacial score (nSPS) is 18.4. The number of esters is 1. The number of benzene rings is 1. The van der Waals surface area contributed by atoms with Gasteiger partial charge in [-0.15, -0.1) is 0 Å². The van der Waals surface area contributed by atoms with Crippen molar-refractivity contribution in [3.05, 3.63) is 53.3 Å². The second-order valence-corrected chi connectivity index (χ2v) is 8.85. The minimum absolute atomic E-state index is 0.141. The molecule has 0 saturated carbocycles. The zero-order chi connectivity index (χ0) is 21.8. The predicted molar refractivity (Wildman–Crippen MR) is 121 cm³/mol. The fourth-order valence-electron chi connectivity index (χ4n) is 4.60. The zero-order valence-corrected chi connectivity index (χ0v) is 18.9. The predicted octanol–water partition coefficient (Wildman–Crippen LogP) is 3.61. The molecule has 2 aromatic rings. The van der Waals surface area contributed by atoms with Crippen molar-refractivity contribution in [3.63, 3.8) is 0 Å². The number of aryl methyl sites for hydroxylation is 1. The van der Waals surface area contributed by atoms with E-state index in [9.17, 15) is 4.79 Å². The minimum atomic E-state index is -0.610.